The van der Waals surface area contributed by atoms with Crippen LogP contribution in [-0.4, -0.2) is 89.4 Å². The number of aromatic amines is 1. The van der Waals surface area contributed by atoms with E-state index in [0.29, 0.717) is 74.9 Å². The number of amides is 3. The molecule has 2 aliphatic rings. The molecule has 14 nitrogen and oxygen atoms in total. The van der Waals surface area contributed by atoms with Crippen molar-refractivity contribution < 1.29 is 46.6 Å². The Hall–Kier alpha value is -5.39. The predicted octanol–water partition coefficient (Wildman–Crippen LogP) is 10.2. The first kappa shape index (κ1) is 49.1. The second kappa shape index (κ2) is 21.3. The number of benzene rings is 2. The molecule has 19 heteroatoms. The number of hydrogen-bond acceptors (Lipinski definition) is 10. The number of aromatic nitrogens is 3. The molecule has 4 heterocycles. The summed E-state index contributed by atoms with van der Waals surface area (Å²) >= 11 is 13.3. The molecule has 3 atom stereocenters. The number of nitrogens with zero attached hydrogens (tertiary/aromatic N) is 3. The molecular formula is C46H54Cl2F3N7O7. The van der Waals surface area contributed by atoms with Gasteiger partial charge in [0.2, 0.25) is 5.91 Å². The lowest BCUT2D eigenvalue weighted by atomic mass is 9.88. The van der Waals surface area contributed by atoms with Crippen molar-refractivity contribution in [2.45, 2.75) is 91.1 Å². The minimum atomic E-state index is -5.10. The van der Waals surface area contributed by atoms with Crippen LogP contribution in [0.4, 0.5) is 29.5 Å². The number of Topliss-reactive ketones (excluding diaryl/α,β-unsaturated/α-hetero) is 1. The Morgan fingerprint density at radius 2 is 1.69 bits per heavy atom. The highest BCUT2D eigenvalue weighted by Gasteiger charge is 2.42. The molecule has 350 valence electrons. The molecule has 65 heavy (non-hydrogen) atoms. The van der Waals surface area contributed by atoms with Crippen molar-refractivity contribution in [3.05, 3.63) is 76.3 Å². The molecule has 2 aromatic carbocycles. The van der Waals surface area contributed by atoms with Crippen LogP contribution in [-0.2, 0) is 19.1 Å². The highest BCUT2D eigenvalue weighted by Crippen LogP contribution is 2.41. The highest BCUT2D eigenvalue weighted by atomic mass is 35.5. The number of unbranched alkanes of at least 4 members (excludes halogenated alkanes) is 2. The van der Waals surface area contributed by atoms with E-state index in [1.54, 1.807) is 41.3 Å². The molecule has 4 aromatic rings. The van der Waals surface area contributed by atoms with Crippen LogP contribution in [0.2, 0.25) is 10.2 Å². The van der Waals surface area contributed by atoms with Gasteiger partial charge in [-0.25, -0.2) is 14.8 Å². The Kier molecular flexibility index (Phi) is 16.1. The predicted molar refractivity (Wildman–Crippen MR) is 241 cm³/mol. The van der Waals surface area contributed by atoms with Crippen molar-refractivity contribution >= 4 is 58.4 Å². The van der Waals surface area contributed by atoms with Gasteiger partial charge in [-0.05, 0) is 73.8 Å². The number of rotatable bonds is 16. The summed E-state index contributed by atoms with van der Waals surface area (Å²) in [6, 6.07) is 10.4. The van der Waals surface area contributed by atoms with E-state index in [2.05, 4.69) is 30.7 Å². The lowest BCUT2D eigenvalue weighted by Gasteiger charge is -2.34. The number of nitrogens with one attached hydrogen (secondary N) is 4. The number of carbonyl (C=O) groups is 4. The second-order valence-corrected chi connectivity index (χ2v) is 18.2. The van der Waals surface area contributed by atoms with Crippen molar-refractivity contribution in [3.63, 3.8) is 0 Å². The largest absolute Gasteiger partial charge is 0.573 e. The van der Waals surface area contributed by atoms with Crippen molar-refractivity contribution in [1.29, 1.82) is 0 Å². The third kappa shape index (κ3) is 12.9. The maximum Gasteiger partial charge on any atom is 0.573 e. The summed E-state index contributed by atoms with van der Waals surface area (Å²) in [5.74, 6) is -0.508. The number of imidazole rings is 1. The van der Waals surface area contributed by atoms with Gasteiger partial charge in [0.25, 0.3) is 5.91 Å². The van der Waals surface area contributed by atoms with E-state index < -0.39 is 36.2 Å². The van der Waals surface area contributed by atoms with Gasteiger partial charge in [-0.1, -0.05) is 81.6 Å². The molecule has 2 fully saturated rings. The molecule has 0 unspecified atom stereocenters. The Balaban J connectivity index is 1.14. The van der Waals surface area contributed by atoms with Gasteiger partial charge in [0.1, 0.15) is 40.1 Å². The fraction of sp³-hybridized carbons (Fsp3) is 0.478. The van der Waals surface area contributed by atoms with E-state index in [1.165, 1.54) is 19.4 Å². The topological polar surface area (TPSA) is 177 Å². The maximum absolute atomic E-state index is 14.1. The number of anilines is 2. The van der Waals surface area contributed by atoms with E-state index in [0.717, 1.165) is 25.3 Å². The van der Waals surface area contributed by atoms with Gasteiger partial charge in [0, 0.05) is 49.3 Å². The molecule has 2 aromatic heterocycles. The van der Waals surface area contributed by atoms with Gasteiger partial charge in [-0.15, -0.1) is 13.2 Å². The molecule has 6 rings (SSSR count). The van der Waals surface area contributed by atoms with Crippen LogP contribution in [0.3, 0.4) is 0 Å². The van der Waals surface area contributed by atoms with Crippen LogP contribution in [0.5, 0.6) is 5.75 Å². The molecule has 0 spiro atoms. The standard InChI is InChI=1S/C46H54Cl2F3N7O7/c1-26-21-34(58(25-26)43(61)39(56-44(62)63-5)29-16-19-64-20-17-29)41-55-38(40(48)57-41)28-12-10-27(11-13-28)31-22-33(47)32(23-35(31)65-46(49,50)51)42(60)54-30-14-15-37(53-24-30)52-18-8-6-7-9-36(59)45(2,3)4/h10-15,22-24,26,29,34,39H,6-9,16-21,25H2,1-5H3,(H,52,53)(H,54,60)(H,55,57)(H,56,62)/t26-,34-,39-/m0/s1. The monoisotopic (exact) mass is 943 g/mol. The van der Waals surface area contributed by atoms with Crippen molar-refractivity contribution in [2.24, 2.45) is 17.3 Å². The number of methoxy groups -OCH3 is 1. The third-order valence-electron chi connectivity index (χ3n) is 11.5. The number of pyridine rings is 1. The Labute approximate surface area is 385 Å². The molecule has 0 aliphatic carbocycles. The molecule has 0 saturated carbocycles. The van der Waals surface area contributed by atoms with Gasteiger partial charge in [-0.2, -0.15) is 0 Å². The first-order chi connectivity index (χ1) is 30.8. The van der Waals surface area contributed by atoms with E-state index in [-0.39, 0.29) is 61.5 Å². The van der Waals surface area contributed by atoms with Crippen LogP contribution in [0.25, 0.3) is 22.4 Å². The zero-order chi connectivity index (χ0) is 47.1. The van der Waals surface area contributed by atoms with Crippen LogP contribution in [0.1, 0.15) is 94.9 Å². The maximum atomic E-state index is 14.1. The number of ether oxygens (including phenoxy) is 3. The zero-order valence-electron chi connectivity index (χ0n) is 36.9. The molecule has 0 bridgehead atoms. The van der Waals surface area contributed by atoms with Gasteiger partial charge >= 0.3 is 12.5 Å². The smallest absolute Gasteiger partial charge is 0.453 e. The Bertz CT molecular complexity index is 2320. The quantitative estimate of drug-likeness (QED) is 0.0791. The Morgan fingerprint density at radius 3 is 2.34 bits per heavy atom. The number of ketones is 1. The average molecular weight is 945 g/mol. The van der Waals surface area contributed by atoms with E-state index in [1.807, 2.05) is 27.7 Å². The summed E-state index contributed by atoms with van der Waals surface area (Å²) in [4.78, 5) is 65.9. The number of likely N-dealkylation sites (tertiary alicyclic amines) is 1. The van der Waals surface area contributed by atoms with Crippen molar-refractivity contribution in [3.8, 4) is 28.1 Å². The first-order valence-electron chi connectivity index (χ1n) is 21.5. The zero-order valence-corrected chi connectivity index (χ0v) is 38.4. The van der Waals surface area contributed by atoms with Crippen LogP contribution in [0.15, 0.2) is 54.7 Å². The fourth-order valence-corrected chi connectivity index (χ4v) is 8.48. The van der Waals surface area contributed by atoms with Crippen LogP contribution < -0.4 is 20.7 Å². The minimum Gasteiger partial charge on any atom is -0.453 e. The summed E-state index contributed by atoms with van der Waals surface area (Å²) < 4.78 is 56.1. The van der Waals surface area contributed by atoms with E-state index >= 15 is 0 Å². The van der Waals surface area contributed by atoms with Gasteiger partial charge in [0.15, 0.2) is 0 Å². The lowest BCUT2D eigenvalue weighted by molar-refractivity contribution is -0.274. The average Bonchev–Trinajstić information content (AvgIpc) is 3.86. The van der Waals surface area contributed by atoms with Crippen molar-refractivity contribution in [2.75, 3.05) is 44.0 Å². The summed E-state index contributed by atoms with van der Waals surface area (Å²) in [5.41, 5.74) is 0.813. The van der Waals surface area contributed by atoms with Crippen molar-refractivity contribution in [1.82, 2.24) is 25.2 Å². The normalized spacial score (nSPS) is 17.4. The van der Waals surface area contributed by atoms with Gasteiger partial charge < -0.3 is 40.0 Å². The van der Waals surface area contributed by atoms with Crippen LogP contribution in [0, 0.1) is 17.3 Å². The second-order valence-electron chi connectivity index (χ2n) is 17.4. The molecule has 4 N–H and O–H groups in total. The van der Waals surface area contributed by atoms with Gasteiger partial charge in [-0.3, -0.25) is 14.4 Å². The highest BCUT2D eigenvalue weighted by molar-refractivity contribution is 6.35. The summed E-state index contributed by atoms with van der Waals surface area (Å²) in [6.07, 6.45) is 0.410. The fourth-order valence-electron chi connectivity index (χ4n) is 7.98. The van der Waals surface area contributed by atoms with Crippen LogP contribution >= 0.6 is 23.2 Å². The lowest BCUT2D eigenvalue weighted by Crippen LogP contribution is -2.53. The molecule has 0 radical (unpaired) electrons. The molecule has 3 amide bonds. The molecular weight excluding hydrogens is 890 g/mol. The number of alkyl carbamates (subject to hydrolysis) is 1. The summed E-state index contributed by atoms with van der Waals surface area (Å²) in [5, 5.41) is 8.62. The number of alkyl halides is 3. The molecule has 2 saturated heterocycles. The molecule has 2 aliphatic heterocycles. The summed E-state index contributed by atoms with van der Waals surface area (Å²) in [7, 11) is 1.24. The summed E-state index contributed by atoms with van der Waals surface area (Å²) in [6.45, 7) is 9.75. The Morgan fingerprint density at radius 1 is 0.985 bits per heavy atom. The van der Waals surface area contributed by atoms with E-state index in [9.17, 15) is 32.3 Å². The number of carbonyl (C=O) groups excluding carboxylic acids is 4. The number of H-pyrrole nitrogens is 1. The number of hydrogen-bond donors (Lipinski definition) is 4. The minimum absolute atomic E-state index is 0.0316. The van der Waals surface area contributed by atoms with Gasteiger partial charge in [0.05, 0.1) is 35.6 Å². The third-order valence-corrected chi connectivity index (χ3v) is 12.1. The van der Waals surface area contributed by atoms with E-state index in [4.69, 9.17) is 37.7 Å². The first-order valence-corrected chi connectivity index (χ1v) is 22.3. The number of halogens is 5. The SMILES string of the molecule is COC(=O)N[C@H](C(=O)N1C[C@@H](C)C[C@H]1c1nc(-c2ccc(-c3cc(Cl)c(C(=O)Nc4ccc(NCCCCCC(=O)C(C)(C)C)nc4)cc3OC(F)(F)F)cc2)c(Cl)[nH]1)C1CCOCC1.